The summed E-state index contributed by atoms with van der Waals surface area (Å²) in [5, 5.41) is 0. The first-order valence-corrected chi connectivity index (χ1v) is 7.14. The average Bonchev–Trinajstić information content (AvgIpc) is 2.74. The largest absolute Gasteiger partial charge is 0.299 e. The first-order chi connectivity index (χ1) is 9.68. The summed E-state index contributed by atoms with van der Waals surface area (Å²) < 4.78 is 0. The number of fused-ring (bicyclic) bond motifs is 2. The molecule has 4 aliphatic rings. The normalized spacial score (nSPS) is 35.6. The van der Waals surface area contributed by atoms with Crippen LogP contribution in [0.4, 0.5) is 5.69 Å². The van der Waals surface area contributed by atoms with Crippen LogP contribution in [0.2, 0.25) is 0 Å². The number of ketones is 1. The molecule has 3 saturated carbocycles. The summed E-state index contributed by atoms with van der Waals surface area (Å²) in [7, 11) is 0. The second-order valence-electron chi connectivity index (χ2n) is 6.01. The Kier molecular flexibility index (Phi) is 2.37. The second kappa shape index (κ2) is 4.01. The number of hydrogen-bond donors (Lipinski definition) is 0. The van der Waals surface area contributed by atoms with E-state index in [1.807, 2.05) is 18.2 Å². The van der Waals surface area contributed by atoms with Crippen LogP contribution in [-0.4, -0.2) is 17.6 Å². The van der Waals surface area contributed by atoms with Crippen molar-refractivity contribution >= 4 is 23.3 Å². The third-order valence-electron chi connectivity index (χ3n) is 5.08. The summed E-state index contributed by atoms with van der Waals surface area (Å²) in [6.45, 7) is 0. The molecule has 4 atom stereocenters. The lowest BCUT2D eigenvalue weighted by molar-refractivity contribution is -0.143. The van der Waals surface area contributed by atoms with Crippen molar-refractivity contribution < 1.29 is 14.4 Å². The maximum atomic E-state index is 12.6. The molecule has 2 amide bonds. The SMILES string of the molecule is O=C1CC2CCC1C1C(=O)N(c3ccccc3)C(=O)C21. The molecule has 1 aliphatic heterocycles. The van der Waals surface area contributed by atoms with Crippen LogP contribution in [0.3, 0.4) is 0 Å². The molecule has 5 rings (SSSR count). The molecule has 4 heteroatoms. The highest BCUT2D eigenvalue weighted by molar-refractivity contribution is 6.23. The lowest BCUT2D eigenvalue weighted by Crippen LogP contribution is -2.46. The van der Waals surface area contributed by atoms with Crippen LogP contribution in [0.15, 0.2) is 30.3 Å². The highest BCUT2D eigenvalue weighted by atomic mass is 16.2. The van der Waals surface area contributed by atoms with Gasteiger partial charge in [0.2, 0.25) is 11.8 Å². The number of amides is 2. The van der Waals surface area contributed by atoms with Gasteiger partial charge in [0, 0.05) is 12.3 Å². The molecule has 1 heterocycles. The van der Waals surface area contributed by atoms with Crippen molar-refractivity contribution in [3.05, 3.63) is 30.3 Å². The molecular formula is C16H15NO3. The van der Waals surface area contributed by atoms with E-state index in [0.29, 0.717) is 12.1 Å². The summed E-state index contributed by atoms with van der Waals surface area (Å²) in [6, 6.07) is 9.04. The maximum Gasteiger partial charge on any atom is 0.238 e. The molecule has 4 unspecified atom stereocenters. The predicted octanol–water partition coefficient (Wildman–Crippen LogP) is 1.79. The highest BCUT2D eigenvalue weighted by Gasteiger charge is 2.60. The number of rotatable bonds is 1. The molecule has 1 aromatic carbocycles. The summed E-state index contributed by atoms with van der Waals surface area (Å²) in [6.07, 6.45) is 2.15. The summed E-state index contributed by atoms with van der Waals surface area (Å²) in [5.41, 5.74) is 0.628. The Morgan fingerprint density at radius 1 is 0.900 bits per heavy atom. The zero-order chi connectivity index (χ0) is 13.9. The molecule has 4 nitrogen and oxygen atoms in total. The minimum absolute atomic E-state index is 0.0719. The van der Waals surface area contributed by atoms with E-state index in [-0.39, 0.29) is 35.4 Å². The van der Waals surface area contributed by atoms with Gasteiger partial charge in [-0.25, -0.2) is 0 Å². The Bertz CT molecular complexity index is 609. The van der Waals surface area contributed by atoms with Crippen LogP contribution < -0.4 is 4.90 Å². The standard InChI is InChI=1S/C16H15NO3/c18-12-8-9-6-7-11(12)14-13(9)15(19)17(16(14)20)10-4-2-1-3-5-10/h1-5,9,11,13-14H,6-8H2. The Balaban J connectivity index is 1.78. The van der Waals surface area contributed by atoms with E-state index < -0.39 is 5.92 Å². The minimum Gasteiger partial charge on any atom is -0.299 e. The fraction of sp³-hybridized carbons (Fsp3) is 0.438. The molecule has 102 valence electrons. The first kappa shape index (κ1) is 11.8. The van der Waals surface area contributed by atoms with Gasteiger partial charge in [-0.05, 0) is 30.9 Å². The van der Waals surface area contributed by atoms with Gasteiger partial charge < -0.3 is 0 Å². The Morgan fingerprint density at radius 3 is 2.30 bits per heavy atom. The smallest absolute Gasteiger partial charge is 0.238 e. The van der Waals surface area contributed by atoms with Gasteiger partial charge >= 0.3 is 0 Å². The number of carbonyl (C=O) groups is 3. The Morgan fingerprint density at radius 2 is 1.60 bits per heavy atom. The van der Waals surface area contributed by atoms with Gasteiger partial charge in [-0.3, -0.25) is 19.3 Å². The summed E-state index contributed by atoms with van der Waals surface area (Å²) in [5.74, 6) is -0.916. The molecule has 20 heavy (non-hydrogen) atoms. The van der Waals surface area contributed by atoms with Crippen LogP contribution in [0.5, 0.6) is 0 Å². The maximum absolute atomic E-state index is 12.6. The van der Waals surface area contributed by atoms with Gasteiger partial charge in [-0.2, -0.15) is 0 Å². The van der Waals surface area contributed by atoms with Gasteiger partial charge in [-0.15, -0.1) is 0 Å². The molecule has 0 spiro atoms. The zero-order valence-corrected chi connectivity index (χ0v) is 11.0. The number of hydrogen-bond acceptors (Lipinski definition) is 3. The molecular weight excluding hydrogens is 254 g/mol. The van der Waals surface area contributed by atoms with Crippen molar-refractivity contribution in [3.8, 4) is 0 Å². The molecule has 2 bridgehead atoms. The Hall–Kier alpha value is -1.97. The van der Waals surface area contributed by atoms with Crippen molar-refractivity contribution in [1.29, 1.82) is 0 Å². The number of anilines is 1. The zero-order valence-electron chi connectivity index (χ0n) is 11.0. The topological polar surface area (TPSA) is 54.5 Å². The van der Waals surface area contributed by atoms with E-state index in [9.17, 15) is 14.4 Å². The molecule has 0 N–H and O–H groups in total. The molecule has 1 aromatic rings. The van der Waals surface area contributed by atoms with Crippen molar-refractivity contribution in [2.24, 2.45) is 23.7 Å². The number of carbonyl (C=O) groups excluding carboxylic acids is 3. The fourth-order valence-electron chi connectivity index (χ4n) is 4.22. The fourth-order valence-corrected chi connectivity index (χ4v) is 4.22. The molecule has 0 radical (unpaired) electrons. The van der Waals surface area contributed by atoms with E-state index in [1.165, 1.54) is 4.90 Å². The first-order valence-electron chi connectivity index (χ1n) is 7.14. The number of nitrogens with zero attached hydrogens (tertiary/aromatic N) is 1. The van der Waals surface area contributed by atoms with Crippen LogP contribution in [0, 0.1) is 23.7 Å². The van der Waals surface area contributed by atoms with E-state index in [4.69, 9.17) is 0 Å². The third-order valence-corrected chi connectivity index (χ3v) is 5.08. The van der Waals surface area contributed by atoms with Gasteiger partial charge in [0.15, 0.2) is 0 Å². The minimum atomic E-state index is -0.400. The van der Waals surface area contributed by atoms with E-state index in [1.54, 1.807) is 12.1 Å². The predicted molar refractivity (Wildman–Crippen MR) is 71.8 cm³/mol. The quantitative estimate of drug-likeness (QED) is 0.730. The van der Waals surface area contributed by atoms with Crippen LogP contribution >= 0.6 is 0 Å². The van der Waals surface area contributed by atoms with Gasteiger partial charge in [0.25, 0.3) is 0 Å². The number of para-hydroxylation sites is 1. The highest BCUT2D eigenvalue weighted by Crippen LogP contribution is 2.52. The van der Waals surface area contributed by atoms with Gasteiger partial charge in [0.1, 0.15) is 5.78 Å². The third kappa shape index (κ3) is 1.39. The van der Waals surface area contributed by atoms with Crippen molar-refractivity contribution in [3.63, 3.8) is 0 Å². The van der Waals surface area contributed by atoms with Crippen LogP contribution in [0.25, 0.3) is 0 Å². The number of imide groups is 1. The van der Waals surface area contributed by atoms with E-state index in [0.717, 1.165) is 12.8 Å². The monoisotopic (exact) mass is 269 g/mol. The molecule has 4 fully saturated rings. The van der Waals surface area contributed by atoms with Crippen molar-refractivity contribution in [2.45, 2.75) is 19.3 Å². The van der Waals surface area contributed by atoms with Crippen LogP contribution in [-0.2, 0) is 14.4 Å². The van der Waals surface area contributed by atoms with E-state index in [2.05, 4.69) is 0 Å². The van der Waals surface area contributed by atoms with Crippen LogP contribution in [0.1, 0.15) is 19.3 Å². The molecule has 3 aliphatic carbocycles. The lowest BCUT2D eigenvalue weighted by Gasteiger charge is -2.41. The van der Waals surface area contributed by atoms with E-state index >= 15 is 0 Å². The number of Topliss-reactive ketones (excluding diaryl/α,β-unsaturated/α-hetero) is 1. The van der Waals surface area contributed by atoms with Gasteiger partial charge in [0.05, 0.1) is 17.5 Å². The van der Waals surface area contributed by atoms with Gasteiger partial charge in [-0.1, -0.05) is 18.2 Å². The lowest BCUT2D eigenvalue weighted by atomic mass is 9.59. The van der Waals surface area contributed by atoms with Crippen molar-refractivity contribution in [2.75, 3.05) is 4.90 Å². The Labute approximate surface area is 116 Å². The second-order valence-corrected chi connectivity index (χ2v) is 6.01. The molecule has 0 aromatic heterocycles. The summed E-state index contributed by atoms with van der Waals surface area (Å²) >= 11 is 0. The summed E-state index contributed by atoms with van der Waals surface area (Å²) in [4.78, 5) is 38.6. The average molecular weight is 269 g/mol. The molecule has 1 saturated heterocycles. The van der Waals surface area contributed by atoms with Crippen molar-refractivity contribution in [1.82, 2.24) is 0 Å². The number of benzene rings is 1.